The fraction of sp³-hybridized carbons (Fsp3) is 0.0435. The fourth-order valence-electron chi connectivity index (χ4n) is 3.15. The molecule has 0 aliphatic heterocycles. The van der Waals surface area contributed by atoms with E-state index >= 15 is 0 Å². The highest BCUT2D eigenvalue weighted by Crippen LogP contribution is 2.35. The second-order valence-electron chi connectivity index (χ2n) is 6.32. The average Bonchev–Trinajstić information content (AvgIpc) is 3.21. The number of rotatable bonds is 3. The van der Waals surface area contributed by atoms with Crippen molar-refractivity contribution in [3.05, 3.63) is 88.2 Å². The zero-order valence-corrected chi connectivity index (χ0v) is 15.8. The van der Waals surface area contributed by atoms with Gasteiger partial charge in [0, 0.05) is 10.9 Å². The van der Waals surface area contributed by atoms with Gasteiger partial charge in [0.15, 0.2) is 0 Å². The van der Waals surface area contributed by atoms with Crippen LogP contribution in [0.4, 0.5) is 13.2 Å². The van der Waals surface area contributed by atoms with Crippen molar-refractivity contribution in [3.8, 4) is 17.3 Å². The van der Waals surface area contributed by atoms with Gasteiger partial charge in [0.1, 0.15) is 11.1 Å². The van der Waals surface area contributed by atoms with Crippen molar-refractivity contribution in [2.45, 2.75) is 6.18 Å². The van der Waals surface area contributed by atoms with Gasteiger partial charge in [0.2, 0.25) is 0 Å². The summed E-state index contributed by atoms with van der Waals surface area (Å²) in [5.41, 5.74) is 0.862. The Morgan fingerprint density at radius 2 is 1.69 bits per heavy atom. The van der Waals surface area contributed by atoms with Crippen LogP contribution in [-0.2, 0) is 6.18 Å². The minimum atomic E-state index is -4.50. The maximum atomic E-state index is 13.3. The Hall–Kier alpha value is -3.43. The van der Waals surface area contributed by atoms with Gasteiger partial charge >= 0.3 is 6.18 Å². The first-order valence-corrected chi connectivity index (χ1v) is 9.57. The van der Waals surface area contributed by atoms with Crippen LogP contribution in [0.2, 0.25) is 0 Å². The Morgan fingerprint density at radius 3 is 2.48 bits per heavy atom. The van der Waals surface area contributed by atoms with E-state index in [1.165, 1.54) is 35.6 Å². The first-order valence-electron chi connectivity index (χ1n) is 8.69. The highest BCUT2D eigenvalue weighted by Gasteiger charge is 2.32. The molecule has 29 heavy (non-hydrogen) atoms. The molecule has 0 aliphatic rings. The third kappa shape index (κ3) is 3.78. The van der Waals surface area contributed by atoms with Crippen molar-refractivity contribution in [1.82, 2.24) is 4.98 Å². The number of nitrogens with zero attached hydrogens (tertiary/aromatic N) is 2. The van der Waals surface area contributed by atoms with Gasteiger partial charge in [-0.3, -0.25) is 0 Å². The number of allylic oxidation sites excluding steroid dienone is 1. The average molecular weight is 406 g/mol. The molecule has 0 spiro atoms. The molecule has 142 valence electrons. The molecule has 0 radical (unpaired) electrons. The van der Waals surface area contributed by atoms with E-state index in [2.05, 4.69) is 4.98 Å². The standard InChI is InChI=1S/C23H13F3N2S/c24-23(25,26)20-11-4-2-7-16(20)12-17(13-27)22-28-21(14-29-22)19-10-5-8-15-6-1-3-9-18(15)19/h1-12,14H/b17-12+. The summed E-state index contributed by atoms with van der Waals surface area (Å²) in [6.45, 7) is 0. The molecule has 0 amide bonds. The molecule has 0 N–H and O–H groups in total. The van der Waals surface area contributed by atoms with E-state index in [4.69, 9.17) is 0 Å². The number of nitriles is 1. The molecule has 1 aromatic heterocycles. The van der Waals surface area contributed by atoms with E-state index in [0.29, 0.717) is 10.7 Å². The van der Waals surface area contributed by atoms with Crippen molar-refractivity contribution in [1.29, 1.82) is 5.26 Å². The van der Waals surface area contributed by atoms with Crippen LogP contribution in [0.1, 0.15) is 16.1 Å². The lowest BCUT2D eigenvalue weighted by molar-refractivity contribution is -0.137. The van der Waals surface area contributed by atoms with Crippen molar-refractivity contribution >= 4 is 33.8 Å². The molecular formula is C23H13F3N2S. The molecule has 4 rings (SSSR count). The number of hydrogen-bond donors (Lipinski definition) is 0. The van der Waals surface area contributed by atoms with Crippen LogP contribution >= 0.6 is 11.3 Å². The van der Waals surface area contributed by atoms with Gasteiger partial charge < -0.3 is 0 Å². The van der Waals surface area contributed by atoms with Crippen LogP contribution in [0, 0.1) is 11.3 Å². The van der Waals surface area contributed by atoms with E-state index in [0.717, 1.165) is 22.4 Å². The Labute approximate surface area is 169 Å². The Kier molecular flexibility index (Phi) is 4.91. The molecule has 2 nitrogen and oxygen atoms in total. The SMILES string of the molecule is N#C/C(=C\c1ccccc1C(F)(F)F)c1nc(-c2cccc3ccccc23)cs1. The predicted octanol–water partition coefficient (Wildman–Crippen LogP) is 7.05. The van der Waals surface area contributed by atoms with E-state index in [1.54, 1.807) is 0 Å². The smallest absolute Gasteiger partial charge is 0.235 e. The van der Waals surface area contributed by atoms with Crippen LogP contribution in [0.15, 0.2) is 72.1 Å². The van der Waals surface area contributed by atoms with Crippen LogP contribution in [-0.4, -0.2) is 4.98 Å². The maximum absolute atomic E-state index is 13.3. The van der Waals surface area contributed by atoms with Gasteiger partial charge in [0.05, 0.1) is 16.8 Å². The summed E-state index contributed by atoms with van der Waals surface area (Å²) in [7, 11) is 0. The minimum absolute atomic E-state index is 0.0570. The summed E-state index contributed by atoms with van der Waals surface area (Å²) in [5.74, 6) is 0. The van der Waals surface area contributed by atoms with Gasteiger partial charge in [-0.2, -0.15) is 18.4 Å². The summed E-state index contributed by atoms with van der Waals surface area (Å²) in [5, 5.41) is 13.8. The third-order valence-electron chi connectivity index (χ3n) is 4.49. The van der Waals surface area contributed by atoms with Crippen LogP contribution in [0.5, 0.6) is 0 Å². The van der Waals surface area contributed by atoms with Crippen LogP contribution < -0.4 is 0 Å². The molecule has 1 heterocycles. The lowest BCUT2D eigenvalue weighted by Crippen LogP contribution is -2.07. The Morgan fingerprint density at radius 1 is 0.966 bits per heavy atom. The molecule has 3 aromatic carbocycles. The first-order chi connectivity index (χ1) is 14.0. The van der Waals surface area contributed by atoms with Crippen molar-refractivity contribution in [2.24, 2.45) is 0 Å². The first kappa shape index (κ1) is 18.9. The third-order valence-corrected chi connectivity index (χ3v) is 5.36. The van der Waals surface area contributed by atoms with Crippen LogP contribution in [0.25, 0.3) is 33.7 Å². The summed E-state index contributed by atoms with van der Waals surface area (Å²) in [6.07, 6.45) is -3.25. The van der Waals surface area contributed by atoms with Gasteiger partial charge in [-0.1, -0.05) is 60.7 Å². The predicted molar refractivity (Wildman–Crippen MR) is 110 cm³/mol. The quantitative estimate of drug-likeness (QED) is 0.342. The minimum Gasteiger partial charge on any atom is -0.235 e. The molecule has 0 fully saturated rings. The molecular weight excluding hydrogens is 393 g/mol. The van der Waals surface area contributed by atoms with E-state index in [1.807, 2.05) is 53.9 Å². The number of fused-ring (bicyclic) bond motifs is 1. The van der Waals surface area contributed by atoms with Gasteiger partial charge in [-0.15, -0.1) is 11.3 Å². The van der Waals surface area contributed by atoms with Gasteiger partial charge in [0.25, 0.3) is 0 Å². The normalized spacial score (nSPS) is 12.1. The number of thiazole rings is 1. The number of halogens is 3. The van der Waals surface area contributed by atoms with Crippen molar-refractivity contribution in [3.63, 3.8) is 0 Å². The molecule has 0 saturated carbocycles. The molecule has 0 saturated heterocycles. The van der Waals surface area contributed by atoms with Crippen LogP contribution in [0.3, 0.4) is 0 Å². The maximum Gasteiger partial charge on any atom is 0.416 e. The zero-order valence-electron chi connectivity index (χ0n) is 14.9. The second kappa shape index (κ2) is 7.53. The molecule has 0 unspecified atom stereocenters. The Balaban J connectivity index is 1.78. The summed E-state index contributed by atoms with van der Waals surface area (Å²) >= 11 is 1.24. The second-order valence-corrected chi connectivity index (χ2v) is 7.18. The van der Waals surface area contributed by atoms with E-state index < -0.39 is 11.7 Å². The highest BCUT2D eigenvalue weighted by atomic mass is 32.1. The molecule has 0 aliphatic carbocycles. The van der Waals surface area contributed by atoms with Crippen molar-refractivity contribution in [2.75, 3.05) is 0 Å². The lowest BCUT2D eigenvalue weighted by Gasteiger charge is -2.09. The summed E-state index contributed by atoms with van der Waals surface area (Å²) in [6, 6.07) is 20.9. The lowest BCUT2D eigenvalue weighted by atomic mass is 10.0. The molecule has 0 bridgehead atoms. The molecule has 4 aromatic rings. The largest absolute Gasteiger partial charge is 0.416 e. The number of benzene rings is 3. The fourth-order valence-corrected chi connectivity index (χ4v) is 3.93. The summed E-state index contributed by atoms with van der Waals surface area (Å²) in [4.78, 5) is 4.54. The van der Waals surface area contributed by atoms with Gasteiger partial charge in [-0.25, -0.2) is 4.98 Å². The van der Waals surface area contributed by atoms with E-state index in [9.17, 15) is 18.4 Å². The monoisotopic (exact) mass is 406 g/mol. The number of hydrogen-bond acceptors (Lipinski definition) is 3. The van der Waals surface area contributed by atoms with E-state index in [-0.39, 0.29) is 11.1 Å². The number of aromatic nitrogens is 1. The Bertz CT molecular complexity index is 1260. The number of alkyl halides is 3. The molecule has 6 heteroatoms. The zero-order chi connectivity index (χ0) is 20.4. The van der Waals surface area contributed by atoms with Crippen molar-refractivity contribution < 1.29 is 13.2 Å². The summed E-state index contributed by atoms with van der Waals surface area (Å²) < 4.78 is 39.8. The topological polar surface area (TPSA) is 36.7 Å². The molecule has 0 atom stereocenters. The van der Waals surface area contributed by atoms with Gasteiger partial charge in [-0.05, 0) is 28.5 Å². The highest BCUT2D eigenvalue weighted by molar-refractivity contribution is 7.11.